The fraction of sp³-hybridized carbons (Fsp3) is 0.318. The van der Waals surface area contributed by atoms with Gasteiger partial charge in [0.25, 0.3) is 5.91 Å². The van der Waals surface area contributed by atoms with Crippen LogP contribution in [0.25, 0.3) is 0 Å². The Bertz CT molecular complexity index is 813. The van der Waals surface area contributed by atoms with Gasteiger partial charge in [-0.25, -0.2) is 0 Å². The van der Waals surface area contributed by atoms with Crippen LogP contribution in [0.15, 0.2) is 48.5 Å². The van der Waals surface area contributed by atoms with Crippen LogP contribution >= 0.6 is 0 Å². The Hall–Kier alpha value is -3.15. The summed E-state index contributed by atoms with van der Waals surface area (Å²) in [6.45, 7) is 2.89. The molecule has 0 radical (unpaired) electrons. The van der Waals surface area contributed by atoms with Crippen molar-refractivity contribution >= 4 is 17.6 Å². The number of nitrogens with one attached hydrogen (secondary N) is 1. The Balaban J connectivity index is 1.84. The van der Waals surface area contributed by atoms with Gasteiger partial charge in [-0.2, -0.15) is 0 Å². The molecule has 148 valence electrons. The maximum Gasteiger partial charge on any atom is 0.251 e. The number of carbonyl (C=O) groups is 3. The molecule has 2 aromatic carbocycles. The highest BCUT2D eigenvalue weighted by atomic mass is 16.5. The summed E-state index contributed by atoms with van der Waals surface area (Å²) >= 11 is 0. The van der Waals surface area contributed by atoms with Crippen molar-refractivity contribution in [3.63, 3.8) is 0 Å². The quantitative estimate of drug-likeness (QED) is 0.677. The van der Waals surface area contributed by atoms with Crippen molar-refractivity contribution < 1.29 is 19.1 Å². The van der Waals surface area contributed by atoms with E-state index in [9.17, 15) is 14.4 Å². The fourth-order valence-electron chi connectivity index (χ4n) is 2.73. The summed E-state index contributed by atoms with van der Waals surface area (Å²) < 4.78 is 5.36. The molecule has 0 bridgehead atoms. The first kappa shape index (κ1) is 21.2. The minimum absolute atomic E-state index is 0.0697. The van der Waals surface area contributed by atoms with Crippen LogP contribution in [0, 0.1) is 0 Å². The molecule has 0 aromatic heterocycles. The van der Waals surface area contributed by atoms with Gasteiger partial charge in [-0.3, -0.25) is 14.4 Å². The van der Waals surface area contributed by atoms with Gasteiger partial charge in [0.05, 0.1) is 6.61 Å². The molecule has 0 spiro atoms. The van der Waals surface area contributed by atoms with Crippen molar-refractivity contribution in [1.82, 2.24) is 10.2 Å². The topological polar surface area (TPSA) is 75.7 Å². The van der Waals surface area contributed by atoms with Crippen molar-refractivity contribution in [3.05, 3.63) is 65.2 Å². The largest absolute Gasteiger partial charge is 0.494 e. The summed E-state index contributed by atoms with van der Waals surface area (Å²) in [6, 6.07) is 14.0. The average molecular weight is 382 g/mol. The first-order chi connectivity index (χ1) is 13.4. The Morgan fingerprint density at radius 2 is 1.54 bits per heavy atom. The van der Waals surface area contributed by atoms with Crippen LogP contribution in [0.4, 0.5) is 0 Å². The van der Waals surface area contributed by atoms with E-state index in [2.05, 4.69) is 5.32 Å². The van der Waals surface area contributed by atoms with Crippen molar-refractivity contribution in [2.75, 3.05) is 20.7 Å². The number of ether oxygens (including phenoxy) is 1. The molecule has 6 heteroatoms. The van der Waals surface area contributed by atoms with Gasteiger partial charge in [0.15, 0.2) is 5.78 Å². The van der Waals surface area contributed by atoms with Gasteiger partial charge in [0.1, 0.15) is 5.75 Å². The highest BCUT2D eigenvalue weighted by molar-refractivity contribution is 5.98. The number of hydrogen-bond acceptors (Lipinski definition) is 4. The van der Waals surface area contributed by atoms with E-state index in [1.165, 1.54) is 0 Å². The Kier molecular flexibility index (Phi) is 7.75. The summed E-state index contributed by atoms with van der Waals surface area (Å²) in [4.78, 5) is 37.8. The van der Waals surface area contributed by atoms with Crippen molar-refractivity contribution in [3.8, 4) is 5.75 Å². The van der Waals surface area contributed by atoms with E-state index in [0.29, 0.717) is 24.3 Å². The number of benzene rings is 2. The van der Waals surface area contributed by atoms with E-state index in [-0.39, 0.29) is 30.4 Å². The molecule has 0 saturated heterocycles. The van der Waals surface area contributed by atoms with E-state index in [4.69, 9.17) is 4.74 Å². The van der Waals surface area contributed by atoms with Crippen molar-refractivity contribution in [2.45, 2.75) is 26.3 Å². The minimum atomic E-state index is -0.149. The normalized spacial score (nSPS) is 10.2. The number of ketones is 1. The van der Waals surface area contributed by atoms with E-state index >= 15 is 0 Å². The molecule has 2 rings (SSSR count). The zero-order valence-electron chi connectivity index (χ0n) is 16.5. The van der Waals surface area contributed by atoms with Gasteiger partial charge in [-0.05, 0) is 48.9 Å². The van der Waals surface area contributed by atoms with Crippen LogP contribution in [-0.4, -0.2) is 43.2 Å². The summed E-state index contributed by atoms with van der Waals surface area (Å²) in [5.74, 6) is 0.399. The second kappa shape index (κ2) is 10.3. The highest BCUT2D eigenvalue weighted by Crippen LogP contribution is 2.15. The second-order valence-electron chi connectivity index (χ2n) is 6.41. The SMILES string of the molecule is CCOc1ccc(C(=O)CCC(=O)N(C)Cc2ccc(C(=O)NC)cc2)cc1. The van der Waals surface area contributed by atoms with Gasteiger partial charge in [-0.1, -0.05) is 12.1 Å². The smallest absolute Gasteiger partial charge is 0.251 e. The molecule has 0 atom stereocenters. The predicted octanol–water partition coefficient (Wildman–Crippen LogP) is 3.07. The number of rotatable bonds is 9. The third-order valence-corrected chi connectivity index (χ3v) is 4.34. The average Bonchev–Trinajstić information content (AvgIpc) is 2.72. The Morgan fingerprint density at radius 1 is 0.929 bits per heavy atom. The molecule has 0 aliphatic carbocycles. The molecule has 0 aliphatic rings. The number of amides is 2. The van der Waals surface area contributed by atoms with Gasteiger partial charge < -0.3 is 15.0 Å². The van der Waals surface area contributed by atoms with Gasteiger partial charge >= 0.3 is 0 Å². The van der Waals surface area contributed by atoms with Crippen LogP contribution in [0.3, 0.4) is 0 Å². The molecular formula is C22H26N2O4. The van der Waals surface area contributed by atoms with Gasteiger partial charge in [0.2, 0.25) is 5.91 Å². The molecule has 2 aromatic rings. The molecule has 0 fully saturated rings. The lowest BCUT2D eigenvalue weighted by molar-refractivity contribution is -0.130. The lowest BCUT2D eigenvalue weighted by Crippen LogP contribution is -2.26. The number of nitrogens with zero attached hydrogens (tertiary/aromatic N) is 1. The first-order valence-corrected chi connectivity index (χ1v) is 9.25. The molecule has 0 aliphatic heterocycles. The summed E-state index contributed by atoms with van der Waals surface area (Å²) in [5.41, 5.74) is 2.06. The molecule has 0 heterocycles. The summed E-state index contributed by atoms with van der Waals surface area (Å²) in [7, 11) is 3.29. The van der Waals surface area contributed by atoms with Crippen molar-refractivity contribution in [2.24, 2.45) is 0 Å². The highest BCUT2D eigenvalue weighted by Gasteiger charge is 2.13. The molecular weight excluding hydrogens is 356 g/mol. The van der Waals surface area contributed by atoms with Crippen LogP contribution in [0.1, 0.15) is 46.0 Å². The lowest BCUT2D eigenvalue weighted by Gasteiger charge is -2.17. The zero-order chi connectivity index (χ0) is 20.5. The van der Waals surface area contributed by atoms with E-state index in [0.717, 1.165) is 11.3 Å². The number of Topliss-reactive ketones (excluding diaryl/α,β-unsaturated/α-hetero) is 1. The molecule has 6 nitrogen and oxygen atoms in total. The molecule has 0 unspecified atom stereocenters. The maximum absolute atomic E-state index is 12.3. The van der Waals surface area contributed by atoms with E-state index < -0.39 is 0 Å². The van der Waals surface area contributed by atoms with Crippen LogP contribution < -0.4 is 10.1 Å². The molecule has 2 amide bonds. The van der Waals surface area contributed by atoms with E-state index in [1.807, 2.05) is 19.1 Å². The maximum atomic E-state index is 12.3. The third-order valence-electron chi connectivity index (χ3n) is 4.34. The van der Waals surface area contributed by atoms with Crippen LogP contribution in [0.5, 0.6) is 5.75 Å². The minimum Gasteiger partial charge on any atom is -0.494 e. The predicted molar refractivity (Wildman–Crippen MR) is 107 cm³/mol. The van der Waals surface area contributed by atoms with Crippen molar-refractivity contribution in [1.29, 1.82) is 0 Å². The second-order valence-corrected chi connectivity index (χ2v) is 6.41. The van der Waals surface area contributed by atoms with Crippen LogP contribution in [0.2, 0.25) is 0 Å². The third kappa shape index (κ3) is 5.94. The van der Waals surface area contributed by atoms with E-state index in [1.54, 1.807) is 55.4 Å². The standard InChI is InChI=1S/C22H26N2O4/c1-4-28-19-11-9-17(10-12-19)20(25)13-14-21(26)24(3)15-16-5-7-18(8-6-16)22(27)23-2/h5-12H,4,13-15H2,1-3H3,(H,23,27). The summed E-state index contributed by atoms with van der Waals surface area (Å²) in [5, 5.41) is 2.57. The number of carbonyl (C=O) groups excluding carboxylic acids is 3. The van der Waals surface area contributed by atoms with Gasteiger partial charge in [-0.15, -0.1) is 0 Å². The Labute approximate surface area is 165 Å². The lowest BCUT2D eigenvalue weighted by atomic mass is 10.1. The fourth-order valence-corrected chi connectivity index (χ4v) is 2.73. The number of hydrogen-bond donors (Lipinski definition) is 1. The first-order valence-electron chi connectivity index (χ1n) is 9.25. The molecule has 1 N–H and O–H groups in total. The molecule has 28 heavy (non-hydrogen) atoms. The molecule has 0 saturated carbocycles. The summed E-state index contributed by atoms with van der Waals surface area (Å²) in [6.07, 6.45) is 0.311. The monoisotopic (exact) mass is 382 g/mol. The Morgan fingerprint density at radius 3 is 2.11 bits per heavy atom. The van der Waals surface area contributed by atoms with Crippen LogP contribution in [-0.2, 0) is 11.3 Å². The van der Waals surface area contributed by atoms with Gasteiger partial charge in [0, 0.05) is 44.6 Å². The zero-order valence-corrected chi connectivity index (χ0v) is 16.5.